The molecule has 1 saturated heterocycles. The molecule has 1 aromatic heterocycles. The summed E-state index contributed by atoms with van der Waals surface area (Å²) in [6, 6.07) is 3.69. The summed E-state index contributed by atoms with van der Waals surface area (Å²) in [6.07, 6.45) is 1.80. The molecule has 2 rings (SSSR count). The van der Waals surface area contributed by atoms with Gasteiger partial charge in [-0.25, -0.2) is 0 Å². The maximum atomic E-state index is 12.3. The van der Waals surface area contributed by atoms with Crippen molar-refractivity contribution < 1.29 is 4.74 Å². The fourth-order valence-corrected chi connectivity index (χ4v) is 3.10. The molecular formula is C13H14N4O2S. The summed E-state index contributed by atoms with van der Waals surface area (Å²) in [5, 5.41) is 17.9. The fourth-order valence-electron chi connectivity index (χ4n) is 1.98. The first-order chi connectivity index (χ1) is 9.71. The van der Waals surface area contributed by atoms with Crippen molar-refractivity contribution in [2.75, 3.05) is 26.3 Å². The molecule has 0 aromatic carbocycles. The van der Waals surface area contributed by atoms with E-state index in [1.807, 2.05) is 24.0 Å². The van der Waals surface area contributed by atoms with E-state index in [0.717, 1.165) is 13.1 Å². The molecule has 104 valence electrons. The van der Waals surface area contributed by atoms with Crippen LogP contribution in [0.3, 0.4) is 0 Å². The summed E-state index contributed by atoms with van der Waals surface area (Å²) in [4.78, 5) is 14.3. The Morgan fingerprint density at radius 3 is 2.60 bits per heavy atom. The van der Waals surface area contributed by atoms with E-state index >= 15 is 0 Å². The Hall–Kier alpha value is -2.09. The van der Waals surface area contributed by atoms with E-state index < -0.39 is 0 Å². The minimum Gasteiger partial charge on any atom is -0.378 e. The molecule has 7 heteroatoms. The van der Waals surface area contributed by atoms with Crippen molar-refractivity contribution in [2.45, 2.75) is 13.5 Å². The van der Waals surface area contributed by atoms with Gasteiger partial charge in [0.05, 0.1) is 13.2 Å². The fraction of sp³-hybridized carbons (Fsp3) is 0.462. The largest absolute Gasteiger partial charge is 0.378 e. The minimum absolute atomic E-state index is 0.0180. The highest BCUT2D eigenvalue weighted by molar-refractivity contribution is 7.07. The molecule has 20 heavy (non-hydrogen) atoms. The molecule has 1 fully saturated rings. The van der Waals surface area contributed by atoms with Crippen LogP contribution in [0.1, 0.15) is 6.92 Å². The zero-order valence-corrected chi connectivity index (χ0v) is 11.9. The van der Waals surface area contributed by atoms with E-state index in [0.29, 0.717) is 29.0 Å². The topological polar surface area (TPSA) is 82.1 Å². The second-order valence-corrected chi connectivity index (χ2v) is 5.23. The van der Waals surface area contributed by atoms with Gasteiger partial charge in [-0.1, -0.05) is 0 Å². The van der Waals surface area contributed by atoms with Crippen LogP contribution in [-0.2, 0) is 11.3 Å². The first-order valence-corrected chi connectivity index (χ1v) is 7.10. The van der Waals surface area contributed by atoms with E-state index in [1.54, 1.807) is 6.20 Å². The number of hydrogen-bond acceptors (Lipinski definition) is 6. The van der Waals surface area contributed by atoms with Crippen LogP contribution in [0.2, 0.25) is 0 Å². The average molecular weight is 290 g/mol. The Morgan fingerprint density at radius 1 is 1.40 bits per heavy atom. The lowest BCUT2D eigenvalue weighted by Gasteiger charge is -2.24. The molecule has 0 bridgehead atoms. The van der Waals surface area contributed by atoms with Crippen molar-refractivity contribution in [3.8, 4) is 12.1 Å². The Balaban J connectivity index is 2.61. The molecule has 0 radical (unpaired) electrons. The molecule has 1 aromatic rings. The number of thiazole rings is 1. The Bertz CT molecular complexity index is 725. The molecule has 0 aliphatic carbocycles. The highest BCUT2D eigenvalue weighted by Gasteiger charge is 2.10. The Kier molecular flexibility index (Phi) is 4.57. The van der Waals surface area contributed by atoms with Gasteiger partial charge in [0.25, 0.3) is 5.56 Å². The first-order valence-electron chi connectivity index (χ1n) is 6.29. The van der Waals surface area contributed by atoms with Gasteiger partial charge in [0, 0.05) is 25.8 Å². The van der Waals surface area contributed by atoms with Crippen molar-refractivity contribution in [3.05, 3.63) is 19.5 Å². The van der Waals surface area contributed by atoms with Gasteiger partial charge in [0.1, 0.15) is 21.3 Å². The number of ether oxygens (including phenoxy) is 1. The van der Waals surface area contributed by atoms with Gasteiger partial charge in [-0.3, -0.25) is 9.36 Å². The normalized spacial score (nSPS) is 15.8. The maximum absolute atomic E-state index is 12.3. The number of aromatic nitrogens is 1. The van der Waals surface area contributed by atoms with E-state index in [-0.39, 0.29) is 11.1 Å². The highest BCUT2D eigenvalue weighted by atomic mass is 32.1. The Morgan fingerprint density at radius 2 is 2.05 bits per heavy atom. The Labute approximate surface area is 120 Å². The SMILES string of the molecule is CCn1c(=C(C#N)C#N)sc(=CN2CCOCC2)c1=O. The molecule has 0 amide bonds. The molecule has 1 aliphatic rings. The van der Waals surface area contributed by atoms with Crippen molar-refractivity contribution in [1.82, 2.24) is 9.47 Å². The van der Waals surface area contributed by atoms with Crippen molar-refractivity contribution in [3.63, 3.8) is 0 Å². The number of hydrogen-bond donors (Lipinski definition) is 0. The molecule has 1 aliphatic heterocycles. The molecule has 6 nitrogen and oxygen atoms in total. The summed E-state index contributed by atoms with van der Waals surface area (Å²) in [5.41, 5.74) is -0.169. The van der Waals surface area contributed by atoms with Gasteiger partial charge in [-0.05, 0) is 6.92 Å². The van der Waals surface area contributed by atoms with E-state index in [2.05, 4.69) is 0 Å². The molecule has 0 unspecified atom stereocenters. The second kappa shape index (κ2) is 6.38. The summed E-state index contributed by atoms with van der Waals surface area (Å²) in [6.45, 7) is 5.03. The first kappa shape index (κ1) is 14.3. The number of nitrogens with zero attached hydrogens (tertiary/aromatic N) is 4. The zero-order valence-electron chi connectivity index (χ0n) is 11.1. The zero-order chi connectivity index (χ0) is 14.5. The summed E-state index contributed by atoms with van der Waals surface area (Å²) >= 11 is 1.19. The van der Waals surface area contributed by atoms with Gasteiger partial charge in [0.2, 0.25) is 0 Å². The monoisotopic (exact) mass is 290 g/mol. The van der Waals surface area contributed by atoms with Crippen molar-refractivity contribution in [1.29, 1.82) is 10.5 Å². The van der Waals surface area contributed by atoms with Crippen LogP contribution in [0, 0.1) is 22.7 Å². The molecule has 0 spiro atoms. The van der Waals surface area contributed by atoms with E-state index in [4.69, 9.17) is 15.3 Å². The molecule has 2 heterocycles. The quantitative estimate of drug-likeness (QED) is 0.712. The van der Waals surface area contributed by atoms with Crippen molar-refractivity contribution >= 4 is 23.1 Å². The lowest BCUT2D eigenvalue weighted by atomic mass is 10.4. The summed E-state index contributed by atoms with van der Waals surface area (Å²) in [7, 11) is 0. The number of rotatable bonds is 2. The van der Waals surface area contributed by atoms with Gasteiger partial charge >= 0.3 is 0 Å². The van der Waals surface area contributed by atoms with Crippen LogP contribution < -0.4 is 14.8 Å². The average Bonchev–Trinajstić information content (AvgIpc) is 2.78. The molecular weight excluding hydrogens is 276 g/mol. The highest BCUT2D eigenvalue weighted by Crippen LogP contribution is 1.97. The standard InChI is InChI=1S/C13H14N4O2S/c1-2-17-12(18)11(9-16-3-5-19-6-4-16)20-13(17)10(7-14)8-15/h9H,2-6H2,1H3. The van der Waals surface area contributed by atoms with Crippen LogP contribution in [0.25, 0.3) is 11.8 Å². The lowest BCUT2D eigenvalue weighted by molar-refractivity contribution is 0.0663. The maximum Gasteiger partial charge on any atom is 0.270 e. The van der Waals surface area contributed by atoms with E-state index in [1.165, 1.54) is 15.9 Å². The van der Waals surface area contributed by atoms with Crippen molar-refractivity contribution in [2.24, 2.45) is 0 Å². The lowest BCUT2D eigenvalue weighted by Crippen LogP contribution is -2.36. The number of morpholine rings is 1. The second-order valence-electron chi connectivity index (χ2n) is 4.20. The van der Waals surface area contributed by atoms with E-state index in [9.17, 15) is 4.79 Å². The summed E-state index contributed by atoms with van der Waals surface area (Å²) in [5.74, 6) is 0. The molecule has 0 saturated carbocycles. The smallest absolute Gasteiger partial charge is 0.270 e. The van der Waals surface area contributed by atoms with Gasteiger partial charge in [0.15, 0.2) is 5.57 Å². The summed E-state index contributed by atoms with van der Waals surface area (Å²) < 4.78 is 7.71. The molecule has 0 N–H and O–H groups in total. The van der Waals surface area contributed by atoms with Crippen LogP contribution in [0.15, 0.2) is 4.79 Å². The van der Waals surface area contributed by atoms with Gasteiger partial charge in [-0.15, -0.1) is 11.3 Å². The third-order valence-electron chi connectivity index (χ3n) is 3.01. The third kappa shape index (κ3) is 2.74. The minimum atomic E-state index is -0.151. The van der Waals surface area contributed by atoms with Crippen LogP contribution in [-0.4, -0.2) is 35.8 Å². The van der Waals surface area contributed by atoms with Gasteiger partial charge in [-0.2, -0.15) is 10.5 Å². The van der Waals surface area contributed by atoms with Crippen LogP contribution in [0.4, 0.5) is 0 Å². The van der Waals surface area contributed by atoms with Crippen LogP contribution >= 0.6 is 11.3 Å². The van der Waals surface area contributed by atoms with Gasteiger partial charge < -0.3 is 9.64 Å². The predicted octanol–water partition coefficient (Wildman–Crippen LogP) is -0.802. The third-order valence-corrected chi connectivity index (χ3v) is 4.12. The number of nitriles is 2. The predicted molar refractivity (Wildman–Crippen MR) is 75.0 cm³/mol. The molecule has 0 atom stereocenters. The van der Waals surface area contributed by atoms with Crippen LogP contribution in [0.5, 0.6) is 0 Å².